The van der Waals surface area contributed by atoms with Crippen molar-refractivity contribution in [1.82, 2.24) is 5.32 Å². The molecule has 2 nitrogen and oxygen atoms in total. The van der Waals surface area contributed by atoms with Crippen molar-refractivity contribution in [3.8, 4) is 0 Å². The van der Waals surface area contributed by atoms with Gasteiger partial charge in [0.2, 0.25) is 0 Å². The maximum absolute atomic E-state index is 14.4. The van der Waals surface area contributed by atoms with Crippen LogP contribution in [0.5, 0.6) is 0 Å². The fraction of sp³-hybridized carbons (Fsp3) is 0.667. The Balaban J connectivity index is 2.74. The van der Waals surface area contributed by atoms with Crippen molar-refractivity contribution in [2.24, 2.45) is 0 Å². The van der Waals surface area contributed by atoms with Crippen LogP contribution in [-0.4, -0.2) is 19.1 Å². The van der Waals surface area contributed by atoms with Gasteiger partial charge in [0.05, 0.1) is 5.69 Å². The molecule has 0 bridgehead atoms. The highest BCUT2D eigenvalue weighted by molar-refractivity contribution is 5.50. The summed E-state index contributed by atoms with van der Waals surface area (Å²) in [5.41, 5.74) is 1.75. The van der Waals surface area contributed by atoms with E-state index >= 15 is 0 Å². The van der Waals surface area contributed by atoms with Gasteiger partial charge in [0.15, 0.2) is 0 Å². The molecule has 0 radical (unpaired) electrons. The Labute approximate surface area is 129 Å². The fourth-order valence-electron chi connectivity index (χ4n) is 2.49. The predicted molar refractivity (Wildman–Crippen MR) is 90.4 cm³/mol. The minimum Gasteiger partial charge on any atom is -0.367 e. The van der Waals surface area contributed by atoms with Gasteiger partial charge in [0, 0.05) is 19.1 Å². The Bertz CT molecular complexity index is 404. The van der Waals surface area contributed by atoms with E-state index in [1.54, 1.807) is 6.07 Å². The molecular weight excluding hydrogens is 263 g/mol. The Morgan fingerprint density at radius 1 is 1.14 bits per heavy atom. The third-order valence-corrected chi connectivity index (χ3v) is 3.70. The highest BCUT2D eigenvalue weighted by Crippen LogP contribution is 2.23. The van der Waals surface area contributed by atoms with Crippen molar-refractivity contribution in [3.63, 3.8) is 0 Å². The molecule has 0 atom stereocenters. The molecular formula is C18H31FN2. The molecule has 0 aliphatic carbocycles. The van der Waals surface area contributed by atoms with E-state index < -0.39 is 0 Å². The molecule has 0 saturated heterocycles. The number of benzene rings is 1. The zero-order valence-electron chi connectivity index (χ0n) is 14.1. The highest BCUT2D eigenvalue weighted by atomic mass is 19.1. The molecule has 0 unspecified atom stereocenters. The molecule has 0 aromatic heterocycles. The number of hydrogen-bond donors (Lipinski definition) is 1. The summed E-state index contributed by atoms with van der Waals surface area (Å²) in [6.45, 7) is 11.2. The lowest BCUT2D eigenvalue weighted by atomic mass is 10.1. The second-order valence-corrected chi connectivity index (χ2v) is 5.96. The van der Waals surface area contributed by atoms with Gasteiger partial charge < -0.3 is 10.2 Å². The summed E-state index contributed by atoms with van der Waals surface area (Å²) < 4.78 is 14.4. The van der Waals surface area contributed by atoms with Crippen LogP contribution in [0.25, 0.3) is 0 Å². The first-order chi connectivity index (χ1) is 10.1. The van der Waals surface area contributed by atoms with Gasteiger partial charge in [0.1, 0.15) is 5.82 Å². The van der Waals surface area contributed by atoms with E-state index in [9.17, 15) is 4.39 Å². The quantitative estimate of drug-likeness (QED) is 0.628. The van der Waals surface area contributed by atoms with Crippen molar-refractivity contribution in [2.45, 2.75) is 66.0 Å². The van der Waals surface area contributed by atoms with Crippen molar-refractivity contribution in [3.05, 3.63) is 29.6 Å². The predicted octanol–water partition coefficient (Wildman–Crippen LogP) is 4.73. The molecule has 0 heterocycles. The number of rotatable bonds is 10. The zero-order valence-corrected chi connectivity index (χ0v) is 14.1. The number of unbranched alkanes of at least 4 members (excludes halogenated alkanes) is 2. The van der Waals surface area contributed by atoms with Gasteiger partial charge in [-0.25, -0.2) is 4.39 Å². The summed E-state index contributed by atoms with van der Waals surface area (Å²) in [7, 11) is 0. The van der Waals surface area contributed by atoms with Crippen molar-refractivity contribution in [1.29, 1.82) is 0 Å². The second-order valence-electron chi connectivity index (χ2n) is 5.96. The summed E-state index contributed by atoms with van der Waals surface area (Å²) in [5.74, 6) is -0.101. The van der Waals surface area contributed by atoms with Crippen LogP contribution in [0.15, 0.2) is 18.2 Å². The van der Waals surface area contributed by atoms with Crippen LogP contribution in [0, 0.1) is 5.82 Å². The van der Waals surface area contributed by atoms with E-state index in [1.807, 2.05) is 12.1 Å². The van der Waals surface area contributed by atoms with Gasteiger partial charge in [-0.15, -0.1) is 0 Å². The van der Waals surface area contributed by atoms with E-state index in [4.69, 9.17) is 0 Å². The van der Waals surface area contributed by atoms with E-state index in [0.717, 1.165) is 43.7 Å². The first-order valence-corrected chi connectivity index (χ1v) is 8.35. The summed E-state index contributed by atoms with van der Waals surface area (Å²) in [4.78, 5) is 2.17. The molecule has 1 aromatic carbocycles. The second kappa shape index (κ2) is 9.78. The monoisotopic (exact) mass is 294 g/mol. The average molecular weight is 294 g/mol. The van der Waals surface area contributed by atoms with Crippen LogP contribution in [-0.2, 0) is 6.54 Å². The van der Waals surface area contributed by atoms with Gasteiger partial charge in [-0.05, 0) is 50.9 Å². The molecule has 1 aromatic rings. The smallest absolute Gasteiger partial charge is 0.146 e. The lowest BCUT2D eigenvalue weighted by Gasteiger charge is -2.29. The van der Waals surface area contributed by atoms with Gasteiger partial charge in [-0.2, -0.15) is 0 Å². The third-order valence-electron chi connectivity index (χ3n) is 3.70. The average Bonchev–Trinajstić information content (AvgIpc) is 2.45. The maximum atomic E-state index is 14.4. The van der Waals surface area contributed by atoms with Crippen LogP contribution >= 0.6 is 0 Å². The lowest BCUT2D eigenvalue weighted by Crippen LogP contribution is -2.32. The fourth-order valence-corrected chi connectivity index (χ4v) is 2.49. The number of halogens is 1. The summed E-state index contributed by atoms with van der Waals surface area (Å²) in [6, 6.07) is 5.97. The standard InChI is InChI=1S/C18H31FN2/c1-5-7-8-12-21(15(3)4)18-10-9-16(13-17(18)19)14-20-11-6-2/h9-10,13,15,20H,5-8,11-12,14H2,1-4H3. The molecule has 1 rings (SSSR count). The molecule has 0 fully saturated rings. The van der Waals surface area contributed by atoms with Gasteiger partial charge in [-0.1, -0.05) is 32.8 Å². The van der Waals surface area contributed by atoms with E-state index in [-0.39, 0.29) is 5.82 Å². The summed E-state index contributed by atoms with van der Waals surface area (Å²) >= 11 is 0. The molecule has 0 amide bonds. The van der Waals surface area contributed by atoms with E-state index in [0.29, 0.717) is 6.04 Å². The molecule has 0 spiro atoms. The first-order valence-electron chi connectivity index (χ1n) is 8.35. The molecule has 0 saturated carbocycles. The van der Waals surface area contributed by atoms with Crippen molar-refractivity contribution < 1.29 is 4.39 Å². The summed E-state index contributed by atoms with van der Waals surface area (Å²) in [6.07, 6.45) is 4.60. The minimum absolute atomic E-state index is 0.101. The third kappa shape index (κ3) is 6.04. The Morgan fingerprint density at radius 2 is 1.90 bits per heavy atom. The first kappa shape index (κ1) is 18.0. The molecule has 0 aliphatic heterocycles. The van der Waals surface area contributed by atoms with Gasteiger partial charge in [0.25, 0.3) is 0 Å². The minimum atomic E-state index is -0.101. The molecule has 1 N–H and O–H groups in total. The van der Waals surface area contributed by atoms with Gasteiger partial charge in [-0.3, -0.25) is 0 Å². The number of nitrogens with zero attached hydrogens (tertiary/aromatic N) is 1. The Morgan fingerprint density at radius 3 is 2.48 bits per heavy atom. The van der Waals surface area contributed by atoms with E-state index in [1.165, 1.54) is 12.8 Å². The SMILES string of the molecule is CCCCCN(c1ccc(CNCCC)cc1F)C(C)C. The summed E-state index contributed by atoms with van der Waals surface area (Å²) in [5, 5.41) is 3.31. The van der Waals surface area contributed by atoms with E-state index in [2.05, 4.69) is 37.9 Å². The largest absolute Gasteiger partial charge is 0.367 e. The molecule has 21 heavy (non-hydrogen) atoms. The normalized spacial score (nSPS) is 11.1. The van der Waals surface area contributed by atoms with Gasteiger partial charge >= 0.3 is 0 Å². The number of hydrogen-bond acceptors (Lipinski definition) is 2. The molecule has 120 valence electrons. The Hall–Kier alpha value is -1.09. The van der Waals surface area contributed by atoms with Crippen molar-refractivity contribution >= 4 is 5.69 Å². The van der Waals surface area contributed by atoms with Crippen LogP contribution in [0.3, 0.4) is 0 Å². The zero-order chi connectivity index (χ0) is 15.7. The Kier molecular flexibility index (Phi) is 8.36. The number of nitrogens with one attached hydrogen (secondary N) is 1. The van der Waals surface area contributed by atoms with Crippen molar-refractivity contribution in [2.75, 3.05) is 18.0 Å². The number of anilines is 1. The lowest BCUT2D eigenvalue weighted by molar-refractivity contribution is 0.580. The molecule has 0 aliphatic rings. The van der Waals surface area contributed by atoms with Crippen LogP contribution in [0.1, 0.15) is 58.9 Å². The van der Waals surface area contributed by atoms with Crippen LogP contribution < -0.4 is 10.2 Å². The topological polar surface area (TPSA) is 15.3 Å². The molecule has 3 heteroatoms. The maximum Gasteiger partial charge on any atom is 0.146 e. The van der Waals surface area contributed by atoms with Crippen LogP contribution in [0.4, 0.5) is 10.1 Å². The van der Waals surface area contributed by atoms with Crippen LogP contribution in [0.2, 0.25) is 0 Å². The highest BCUT2D eigenvalue weighted by Gasteiger charge is 2.14.